The van der Waals surface area contributed by atoms with Crippen LogP contribution in [0.3, 0.4) is 0 Å². The fourth-order valence-corrected chi connectivity index (χ4v) is 3.91. The van der Waals surface area contributed by atoms with Crippen molar-refractivity contribution in [2.45, 2.75) is 45.5 Å². The summed E-state index contributed by atoms with van der Waals surface area (Å²) >= 11 is 0. The molecule has 2 N–H and O–H groups in total. The van der Waals surface area contributed by atoms with Crippen LogP contribution in [0.25, 0.3) is 0 Å². The molecule has 0 bridgehead atoms. The summed E-state index contributed by atoms with van der Waals surface area (Å²) in [6.45, 7) is 7.30. The van der Waals surface area contributed by atoms with E-state index >= 15 is 0 Å². The Morgan fingerprint density at radius 2 is 1.64 bits per heavy atom. The quantitative estimate of drug-likeness (QED) is 0.282. The smallest absolute Gasteiger partial charge is 0.473 e. The Hall–Kier alpha value is -3.06. The molecule has 0 aromatic heterocycles. The predicted octanol–water partition coefficient (Wildman–Crippen LogP) is 2.31. The van der Waals surface area contributed by atoms with Gasteiger partial charge in [0.25, 0.3) is 0 Å². The molecule has 3 rings (SSSR count). The number of ether oxygens (including phenoxy) is 2. The highest BCUT2D eigenvalue weighted by Crippen LogP contribution is 2.26. The Bertz CT molecular complexity index is 972. The summed E-state index contributed by atoms with van der Waals surface area (Å²) in [5.41, 5.74) is 1.22. The van der Waals surface area contributed by atoms with E-state index < -0.39 is 23.8 Å². The molecule has 0 spiro atoms. The number of nitrogens with zero attached hydrogens (tertiary/aromatic N) is 4. The number of benzene rings is 1. The molecule has 1 aromatic rings. The number of alkyl halides is 3. The number of rotatable bonds is 4. The Balaban J connectivity index is 1.74. The van der Waals surface area contributed by atoms with Crippen LogP contribution in [0.2, 0.25) is 0 Å². The minimum atomic E-state index is -5.09. The molecule has 2 aliphatic rings. The number of guanidine groups is 1. The van der Waals surface area contributed by atoms with Crippen LogP contribution in [-0.4, -0.2) is 90.4 Å². The van der Waals surface area contributed by atoms with Gasteiger partial charge in [-0.25, -0.2) is 10.7 Å². The molecular formula is C23H32F3N5O5. The fourth-order valence-electron chi connectivity index (χ4n) is 3.91. The molecule has 0 unspecified atom stereocenters. The minimum absolute atomic E-state index is 0.0489. The van der Waals surface area contributed by atoms with E-state index in [2.05, 4.69) is 9.83 Å². The number of carbonyl (C=O) groups is 2. The van der Waals surface area contributed by atoms with E-state index in [0.717, 1.165) is 11.1 Å². The number of fused-ring (bicyclic) bond motifs is 1. The number of carbonyl (C=O) groups excluding carboxylic acids is 2. The van der Waals surface area contributed by atoms with Crippen LogP contribution >= 0.6 is 0 Å². The van der Waals surface area contributed by atoms with Crippen molar-refractivity contribution in [3.05, 3.63) is 29.3 Å². The lowest BCUT2D eigenvalue weighted by Gasteiger charge is -2.41. The average Bonchev–Trinajstić information content (AvgIpc) is 2.80. The summed E-state index contributed by atoms with van der Waals surface area (Å²) in [6, 6.07) is 5.47. The number of hydrogen-bond acceptors (Lipinski definition) is 6. The lowest BCUT2D eigenvalue weighted by molar-refractivity contribution is -0.169. The molecule has 1 saturated heterocycles. The van der Waals surface area contributed by atoms with E-state index in [4.69, 9.17) is 15.4 Å². The standard InChI is InChI=1S/C23H32F3N5O5/c1-22(2,3)36-21(33)30-10-8-29(9-11-30)20(28-19(32)23(24,25)26)31-7-6-16-14-18(34-12-13-35-27)5-4-17(16)15-31/h4-5,14H,6-13,15,27H2,1-3H3/b28-20-. The molecule has 0 saturated carbocycles. The number of amides is 2. The van der Waals surface area contributed by atoms with Crippen molar-refractivity contribution in [1.82, 2.24) is 14.7 Å². The van der Waals surface area contributed by atoms with E-state index in [1.807, 2.05) is 12.1 Å². The maximum atomic E-state index is 13.1. The van der Waals surface area contributed by atoms with Gasteiger partial charge in [-0.15, -0.1) is 0 Å². The number of piperazine rings is 1. The fraction of sp³-hybridized carbons (Fsp3) is 0.609. The third-order valence-electron chi connectivity index (χ3n) is 5.60. The third-order valence-corrected chi connectivity index (χ3v) is 5.60. The molecule has 200 valence electrons. The summed E-state index contributed by atoms with van der Waals surface area (Å²) in [4.78, 5) is 36.9. The van der Waals surface area contributed by atoms with Crippen molar-refractivity contribution in [2.75, 3.05) is 45.9 Å². The van der Waals surface area contributed by atoms with Gasteiger partial charge in [0.2, 0.25) is 5.96 Å². The molecule has 0 radical (unpaired) electrons. The summed E-state index contributed by atoms with van der Waals surface area (Å²) in [7, 11) is 0. The predicted molar refractivity (Wildman–Crippen MR) is 124 cm³/mol. The Morgan fingerprint density at radius 3 is 2.25 bits per heavy atom. The summed E-state index contributed by atoms with van der Waals surface area (Å²) in [5, 5.41) is 0. The number of halogens is 3. The van der Waals surface area contributed by atoms with Crippen LogP contribution in [0, 0.1) is 0 Å². The van der Waals surface area contributed by atoms with Gasteiger partial charge in [0, 0.05) is 39.3 Å². The van der Waals surface area contributed by atoms with Gasteiger partial charge in [-0.05, 0) is 50.5 Å². The second-order valence-corrected chi connectivity index (χ2v) is 9.49. The van der Waals surface area contributed by atoms with Gasteiger partial charge in [-0.3, -0.25) is 4.79 Å². The zero-order chi connectivity index (χ0) is 26.5. The van der Waals surface area contributed by atoms with Crippen molar-refractivity contribution < 1.29 is 37.1 Å². The van der Waals surface area contributed by atoms with Gasteiger partial charge in [-0.1, -0.05) is 6.07 Å². The number of nitrogens with two attached hydrogens (primary N) is 1. The van der Waals surface area contributed by atoms with E-state index in [9.17, 15) is 22.8 Å². The molecule has 10 nitrogen and oxygen atoms in total. The highest BCUT2D eigenvalue weighted by Gasteiger charge is 2.40. The van der Waals surface area contributed by atoms with Crippen LogP contribution in [-0.2, 0) is 27.3 Å². The molecule has 2 aliphatic heterocycles. The van der Waals surface area contributed by atoms with E-state index in [1.54, 1.807) is 36.6 Å². The summed E-state index contributed by atoms with van der Waals surface area (Å²) < 4.78 is 50.2. The van der Waals surface area contributed by atoms with Crippen molar-refractivity contribution in [2.24, 2.45) is 10.9 Å². The molecule has 2 amide bonds. The third kappa shape index (κ3) is 7.47. The Morgan fingerprint density at radius 1 is 0.972 bits per heavy atom. The first kappa shape index (κ1) is 27.5. The first-order valence-electron chi connectivity index (χ1n) is 11.6. The first-order valence-corrected chi connectivity index (χ1v) is 11.6. The molecule has 2 heterocycles. The largest absolute Gasteiger partial charge is 0.491 e. The van der Waals surface area contributed by atoms with Gasteiger partial charge in [0.1, 0.15) is 24.6 Å². The molecule has 36 heavy (non-hydrogen) atoms. The SMILES string of the molecule is CC(C)(C)OC(=O)N1CCN(/C(=N/C(=O)C(F)(F)F)N2CCc3cc(OCCON)ccc3C2)CC1. The van der Waals surface area contributed by atoms with Gasteiger partial charge in [0.15, 0.2) is 0 Å². The van der Waals surface area contributed by atoms with Gasteiger partial charge < -0.3 is 29.0 Å². The topological polar surface area (TPSA) is 110 Å². The van der Waals surface area contributed by atoms with Crippen molar-refractivity contribution in [3.8, 4) is 5.75 Å². The zero-order valence-corrected chi connectivity index (χ0v) is 20.6. The highest BCUT2D eigenvalue weighted by molar-refractivity contribution is 5.96. The Kier molecular flexibility index (Phi) is 8.67. The van der Waals surface area contributed by atoms with Gasteiger partial charge in [-0.2, -0.15) is 18.2 Å². The van der Waals surface area contributed by atoms with Crippen LogP contribution in [0.5, 0.6) is 5.75 Å². The monoisotopic (exact) mass is 515 g/mol. The normalized spacial score (nSPS) is 17.1. The molecule has 13 heteroatoms. The second kappa shape index (κ2) is 11.3. The number of aliphatic imine (C=N–C) groups is 1. The zero-order valence-electron chi connectivity index (χ0n) is 20.6. The van der Waals surface area contributed by atoms with Gasteiger partial charge in [0.05, 0.1) is 0 Å². The molecule has 1 fully saturated rings. The van der Waals surface area contributed by atoms with E-state index in [0.29, 0.717) is 18.7 Å². The number of hydrogen-bond donors (Lipinski definition) is 1. The van der Waals surface area contributed by atoms with Crippen LogP contribution in [0.4, 0.5) is 18.0 Å². The van der Waals surface area contributed by atoms with E-state index in [-0.39, 0.29) is 51.9 Å². The summed E-state index contributed by atoms with van der Waals surface area (Å²) in [6.07, 6.45) is -5.05. The van der Waals surface area contributed by atoms with Crippen molar-refractivity contribution >= 4 is 18.0 Å². The minimum Gasteiger partial charge on any atom is -0.491 e. The molecule has 1 aromatic carbocycles. The average molecular weight is 516 g/mol. The van der Waals surface area contributed by atoms with Crippen LogP contribution < -0.4 is 10.6 Å². The summed E-state index contributed by atoms with van der Waals surface area (Å²) in [5.74, 6) is 3.42. The first-order chi connectivity index (χ1) is 16.9. The maximum Gasteiger partial charge on any atom is 0.473 e. The molecule has 0 aliphatic carbocycles. The Labute approximate surface area is 207 Å². The van der Waals surface area contributed by atoms with Gasteiger partial charge >= 0.3 is 18.2 Å². The van der Waals surface area contributed by atoms with Crippen LogP contribution in [0.1, 0.15) is 31.9 Å². The maximum absolute atomic E-state index is 13.1. The lowest BCUT2D eigenvalue weighted by Crippen LogP contribution is -2.56. The second-order valence-electron chi connectivity index (χ2n) is 9.49. The molecular weight excluding hydrogens is 483 g/mol. The molecule has 0 atom stereocenters. The van der Waals surface area contributed by atoms with Crippen molar-refractivity contribution in [1.29, 1.82) is 0 Å². The van der Waals surface area contributed by atoms with Crippen LogP contribution in [0.15, 0.2) is 23.2 Å². The van der Waals surface area contributed by atoms with E-state index in [1.165, 1.54) is 4.90 Å². The van der Waals surface area contributed by atoms with Crippen molar-refractivity contribution in [3.63, 3.8) is 0 Å². The lowest BCUT2D eigenvalue weighted by atomic mass is 9.99. The highest BCUT2D eigenvalue weighted by atomic mass is 19.4.